The first kappa shape index (κ1) is 45.1. The van der Waals surface area contributed by atoms with Crippen molar-refractivity contribution in [1.29, 1.82) is 0 Å². The average molecular weight is 839 g/mol. The van der Waals surface area contributed by atoms with E-state index in [2.05, 4.69) is 220 Å². The largest absolute Gasteiger partial charge is 0.494 e. The third-order valence-electron chi connectivity index (χ3n) is 11.5. The van der Waals surface area contributed by atoms with Crippen molar-refractivity contribution in [1.82, 2.24) is 0 Å². The van der Waals surface area contributed by atoms with Crippen molar-refractivity contribution < 1.29 is 9.47 Å². The highest BCUT2D eigenvalue weighted by Crippen LogP contribution is 2.36. The summed E-state index contributed by atoms with van der Waals surface area (Å²) in [7, 11) is 0. The summed E-state index contributed by atoms with van der Waals surface area (Å²) >= 11 is 0. The molecule has 2 nitrogen and oxygen atoms in total. The smallest absolute Gasteiger partial charge is 0.119 e. The third kappa shape index (κ3) is 13.5. The molecule has 0 fully saturated rings. The first-order valence-corrected chi connectivity index (χ1v) is 23.3. The Morgan fingerprint density at radius 2 is 0.656 bits per heavy atom. The highest BCUT2D eigenvalue weighted by atomic mass is 16.5. The molecule has 0 saturated carbocycles. The SMILES string of the molecule is CCCCCCOc1ccc(-c2ccc(-c3cc(/C=C/C=C/c4ccccc4)c(-c4ccc(-c5ccc(OCCCCCC)cc5)cc4)cc3/C=C/C=C/c3ccccc3)cc2)cc1. The lowest BCUT2D eigenvalue weighted by molar-refractivity contribution is 0.305. The van der Waals surface area contributed by atoms with Gasteiger partial charge in [-0.25, -0.2) is 0 Å². The fourth-order valence-electron chi connectivity index (χ4n) is 7.80. The first-order valence-electron chi connectivity index (χ1n) is 23.3. The lowest BCUT2D eigenvalue weighted by atomic mass is 9.89. The second kappa shape index (κ2) is 24.7. The van der Waals surface area contributed by atoms with E-state index in [1.54, 1.807) is 0 Å². The van der Waals surface area contributed by atoms with Crippen LogP contribution in [-0.2, 0) is 0 Å². The summed E-state index contributed by atoms with van der Waals surface area (Å²) in [6.45, 7) is 6.00. The summed E-state index contributed by atoms with van der Waals surface area (Å²) in [6, 6.07) is 60.5. The summed E-state index contributed by atoms with van der Waals surface area (Å²) in [5, 5.41) is 0. The zero-order valence-electron chi connectivity index (χ0n) is 37.7. The summed E-state index contributed by atoms with van der Waals surface area (Å²) in [6.07, 6.45) is 26.9. The van der Waals surface area contributed by atoms with Gasteiger partial charge in [0, 0.05) is 0 Å². The van der Waals surface area contributed by atoms with Crippen molar-refractivity contribution in [3.63, 3.8) is 0 Å². The second-order valence-electron chi connectivity index (χ2n) is 16.3. The number of allylic oxidation sites excluding steroid dienone is 4. The number of rotatable bonds is 22. The molecule has 322 valence electrons. The van der Waals surface area contributed by atoms with Crippen molar-refractivity contribution in [2.24, 2.45) is 0 Å². The Labute approximate surface area is 383 Å². The fourth-order valence-corrected chi connectivity index (χ4v) is 7.80. The Bertz CT molecular complexity index is 2380. The lowest BCUT2D eigenvalue weighted by Crippen LogP contribution is -1.97. The van der Waals surface area contributed by atoms with E-state index in [0.717, 1.165) is 59.8 Å². The Kier molecular flexibility index (Phi) is 17.4. The van der Waals surface area contributed by atoms with E-state index in [9.17, 15) is 0 Å². The van der Waals surface area contributed by atoms with Gasteiger partial charge in [0.25, 0.3) is 0 Å². The molecular formula is C62H62O2. The maximum Gasteiger partial charge on any atom is 0.119 e. The number of hydrogen-bond acceptors (Lipinski definition) is 2. The topological polar surface area (TPSA) is 18.5 Å². The first-order chi connectivity index (χ1) is 31.7. The van der Waals surface area contributed by atoms with Crippen LogP contribution in [0.4, 0.5) is 0 Å². The van der Waals surface area contributed by atoms with Crippen LogP contribution in [0.25, 0.3) is 68.8 Å². The van der Waals surface area contributed by atoms with Gasteiger partial charge in [-0.05, 0) is 116 Å². The molecule has 0 amide bonds. The summed E-state index contributed by atoms with van der Waals surface area (Å²) in [5.41, 5.74) is 14.0. The normalized spacial score (nSPS) is 11.7. The van der Waals surface area contributed by atoms with Crippen LogP contribution in [0.3, 0.4) is 0 Å². The summed E-state index contributed by atoms with van der Waals surface area (Å²) < 4.78 is 12.1. The second-order valence-corrected chi connectivity index (χ2v) is 16.3. The van der Waals surface area contributed by atoms with Crippen LogP contribution in [0.1, 0.15) is 87.5 Å². The monoisotopic (exact) mass is 838 g/mol. The third-order valence-corrected chi connectivity index (χ3v) is 11.5. The maximum absolute atomic E-state index is 6.03. The van der Waals surface area contributed by atoms with Crippen LogP contribution >= 0.6 is 0 Å². The Balaban J connectivity index is 1.20. The van der Waals surface area contributed by atoms with E-state index in [0.29, 0.717) is 0 Å². The molecule has 0 aliphatic carbocycles. The van der Waals surface area contributed by atoms with Crippen molar-refractivity contribution in [2.45, 2.75) is 65.2 Å². The standard InChI is InChI=1S/C62H62O2/c1-3-5-7-19-45-63-59-41-37-53(38-42-59)51-29-33-55(34-30-51)61-47-58(28-18-16-26-50-23-13-10-14-24-50)62(48-57(61)27-17-15-25-49-21-11-9-12-22-49)56-35-31-52(32-36-56)54-39-43-60(44-40-54)64-46-20-8-6-4-2/h9-18,21-44,47-48H,3-8,19-20,45-46H2,1-2H3/b25-15+,26-16+,27-17+,28-18+. The van der Waals surface area contributed by atoms with Gasteiger partial charge in [0.2, 0.25) is 0 Å². The molecule has 64 heavy (non-hydrogen) atoms. The molecule has 0 saturated heterocycles. The van der Waals surface area contributed by atoms with Gasteiger partial charge in [0.05, 0.1) is 13.2 Å². The molecule has 7 aromatic carbocycles. The van der Waals surface area contributed by atoms with Crippen LogP contribution in [-0.4, -0.2) is 13.2 Å². The maximum atomic E-state index is 6.03. The number of unbranched alkanes of at least 4 members (excludes halogenated alkanes) is 6. The molecule has 0 N–H and O–H groups in total. The molecule has 2 heteroatoms. The number of ether oxygens (including phenoxy) is 2. The van der Waals surface area contributed by atoms with E-state index < -0.39 is 0 Å². The molecule has 7 rings (SSSR count). The summed E-state index contributed by atoms with van der Waals surface area (Å²) in [4.78, 5) is 0. The molecule has 0 aliphatic rings. The van der Waals surface area contributed by atoms with Crippen LogP contribution in [0.15, 0.2) is 194 Å². The zero-order chi connectivity index (χ0) is 44.0. The molecule has 7 aromatic rings. The van der Waals surface area contributed by atoms with Gasteiger partial charge < -0.3 is 9.47 Å². The zero-order valence-corrected chi connectivity index (χ0v) is 37.7. The highest BCUT2D eigenvalue weighted by Gasteiger charge is 2.12. The highest BCUT2D eigenvalue weighted by molar-refractivity contribution is 5.87. The van der Waals surface area contributed by atoms with Crippen LogP contribution in [0, 0.1) is 0 Å². The van der Waals surface area contributed by atoms with Gasteiger partial charge in [0.1, 0.15) is 11.5 Å². The molecule has 0 radical (unpaired) electrons. The fraction of sp³-hybridized carbons (Fsp3) is 0.194. The molecular weight excluding hydrogens is 777 g/mol. The minimum atomic E-state index is 0.765. The minimum absolute atomic E-state index is 0.765. The quantitative estimate of drug-likeness (QED) is 0.0500. The van der Waals surface area contributed by atoms with Crippen LogP contribution < -0.4 is 9.47 Å². The van der Waals surface area contributed by atoms with Gasteiger partial charge in [-0.3, -0.25) is 0 Å². The van der Waals surface area contributed by atoms with Crippen molar-refractivity contribution in [3.05, 3.63) is 216 Å². The summed E-state index contributed by atoms with van der Waals surface area (Å²) in [5.74, 6) is 1.85. The van der Waals surface area contributed by atoms with Gasteiger partial charge in [-0.2, -0.15) is 0 Å². The molecule has 0 aliphatic heterocycles. The van der Waals surface area contributed by atoms with Gasteiger partial charge in [-0.15, -0.1) is 0 Å². The van der Waals surface area contributed by atoms with Crippen molar-refractivity contribution in [2.75, 3.05) is 13.2 Å². The van der Waals surface area contributed by atoms with Gasteiger partial charge in [-0.1, -0.05) is 234 Å². The molecule has 0 unspecified atom stereocenters. The molecule has 0 bridgehead atoms. The van der Waals surface area contributed by atoms with Crippen LogP contribution in [0.5, 0.6) is 11.5 Å². The van der Waals surface area contributed by atoms with Crippen LogP contribution in [0.2, 0.25) is 0 Å². The molecule has 0 spiro atoms. The van der Waals surface area contributed by atoms with E-state index in [-0.39, 0.29) is 0 Å². The predicted molar refractivity (Wildman–Crippen MR) is 276 cm³/mol. The Morgan fingerprint density at radius 3 is 1.02 bits per heavy atom. The predicted octanol–water partition coefficient (Wildman–Crippen LogP) is 17.7. The number of benzene rings is 7. The van der Waals surface area contributed by atoms with Gasteiger partial charge >= 0.3 is 0 Å². The Morgan fingerprint density at radius 1 is 0.328 bits per heavy atom. The van der Waals surface area contributed by atoms with E-state index >= 15 is 0 Å². The van der Waals surface area contributed by atoms with E-state index in [4.69, 9.17) is 9.47 Å². The van der Waals surface area contributed by atoms with Crippen molar-refractivity contribution >= 4 is 24.3 Å². The molecule has 0 atom stereocenters. The van der Waals surface area contributed by atoms with E-state index in [1.165, 1.54) is 83.0 Å². The number of hydrogen-bond donors (Lipinski definition) is 0. The van der Waals surface area contributed by atoms with Crippen molar-refractivity contribution in [3.8, 4) is 56.0 Å². The molecule has 0 aromatic heterocycles. The Hall–Kier alpha value is -6.90. The average Bonchev–Trinajstić information content (AvgIpc) is 3.35. The lowest BCUT2D eigenvalue weighted by Gasteiger charge is -2.15. The minimum Gasteiger partial charge on any atom is -0.494 e. The van der Waals surface area contributed by atoms with Gasteiger partial charge in [0.15, 0.2) is 0 Å². The van der Waals surface area contributed by atoms with E-state index in [1.807, 2.05) is 12.1 Å². The molecule has 0 heterocycles.